The first kappa shape index (κ1) is 19.5. The number of nitrogens with zero attached hydrogens (tertiary/aromatic N) is 2. The number of nitrogen functional groups attached to an aromatic ring is 1. The summed E-state index contributed by atoms with van der Waals surface area (Å²) in [5.41, 5.74) is 7.03. The van der Waals surface area contributed by atoms with Crippen molar-refractivity contribution < 1.29 is 19.4 Å². The zero-order valence-electron chi connectivity index (χ0n) is 14.9. The number of amides is 2. The molecule has 0 aliphatic heterocycles. The van der Waals surface area contributed by atoms with Gasteiger partial charge in [0.1, 0.15) is 5.60 Å². The summed E-state index contributed by atoms with van der Waals surface area (Å²) in [6.45, 7) is 5.73. The number of thiazole rings is 1. The Labute approximate surface area is 155 Å². The molecule has 0 aliphatic carbocycles. The summed E-state index contributed by atoms with van der Waals surface area (Å²) in [5, 5.41) is 13.0. The van der Waals surface area contributed by atoms with E-state index in [-0.39, 0.29) is 0 Å². The number of rotatable bonds is 5. The van der Waals surface area contributed by atoms with Gasteiger partial charge in [-0.15, -0.1) is 11.3 Å². The van der Waals surface area contributed by atoms with Crippen LogP contribution in [0.1, 0.15) is 26.5 Å². The topological polar surface area (TPSA) is 118 Å². The summed E-state index contributed by atoms with van der Waals surface area (Å²) in [6.07, 6.45) is -1.19. The molecule has 0 unspecified atom stereocenters. The van der Waals surface area contributed by atoms with E-state index < -0.39 is 17.8 Å². The van der Waals surface area contributed by atoms with Gasteiger partial charge in [-0.05, 0) is 45.0 Å². The van der Waals surface area contributed by atoms with E-state index in [2.05, 4.69) is 10.3 Å². The lowest BCUT2D eigenvalue weighted by molar-refractivity contribution is 0.0580. The third-order valence-corrected chi connectivity index (χ3v) is 3.98. The number of hydrogen-bond acceptors (Lipinski definition) is 6. The lowest BCUT2D eigenvalue weighted by Crippen LogP contribution is -2.38. The minimum atomic E-state index is -1.16. The summed E-state index contributed by atoms with van der Waals surface area (Å²) in [5.74, 6) is 0. The number of nitrogens with one attached hydrogen (secondary N) is 1. The van der Waals surface area contributed by atoms with E-state index in [9.17, 15) is 9.59 Å². The second-order valence-corrected chi connectivity index (χ2v) is 7.41. The van der Waals surface area contributed by atoms with Crippen LogP contribution in [0.15, 0.2) is 29.6 Å². The van der Waals surface area contributed by atoms with Gasteiger partial charge in [0.15, 0.2) is 5.13 Å². The van der Waals surface area contributed by atoms with Crippen LogP contribution in [0.3, 0.4) is 0 Å². The molecule has 26 heavy (non-hydrogen) atoms. The second-order valence-electron chi connectivity index (χ2n) is 6.55. The predicted molar refractivity (Wildman–Crippen MR) is 102 cm³/mol. The number of hydrogen-bond donors (Lipinski definition) is 3. The van der Waals surface area contributed by atoms with Gasteiger partial charge < -0.3 is 15.6 Å². The summed E-state index contributed by atoms with van der Waals surface area (Å²) in [6, 6.07) is 6.92. The first-order valence-electron chi connectivity index (χ1n) is 7.94. The molecule has 2 aromatic rings. The Bertz CT molecular complexity index is 768. The molecule has 1 heterocycles. The molecular formula is C17H22N4O4S. The van der Waals surface area contributed by atoms with E-state index in [1.165, 1.54) is 16.2 Å². The van der Waals surface area contributed by atoms with Gasteiger partial charge >= 0.3 is 12.2 Å². The van der Waals surface area contributed by atoms with E-state index in [1.807, 2.05) is 0 Å². The largest absolute Gasteiger partial charge is 0.465 e. The molecule has 140 valence electrons. The normalized spacial score (nSPS) is 11.0. The van der Waals surface area contributed by atoms with Crippen LogP contribution in [0, 0.1) is 0 Å². The number of aromatic nitrogens is 1. The standard InChI is InChI=1S/C17H22N4O4S/c1-17(2,3)25-16(24)21(13-6-4-11(18)5-7-13)9-8-12-10-26-14(19-12)20-15(22)23/h4-7,10H,8-9,18H2,1-3H3,(H,19,20)(H,22,23). The van der Waals surface area contributed by atoms with Crippen molar-refractivity contribution in [3.05, 3.63) is 35.3 Å². The van der Waals surface area contributed by atoms with E-state index >= 15 is 0 Å². The summed E-state index contributed by atoms with van der Waals surface area (Å²) >= 11 is 1.19. The number of benzene rings is 1. The van der Waals surface area contributed by atoms with Crippen molar-refractivity contribution in [3.63, 3.8) is 0 Å². The van der Waals surface area contributed by atoms with Crippen molar-refractivity contribution in [2.24, 2.45) is 0 Å². The number of carbonyl (C=O) groups excluding carboxylic acids is 1. The van der Waals surface area contributed by atoms with Gasteiger partial charge in [0.25, 0.3) is 0 Å². The van der Waals surface area contributed by atoms with Crippen molar-refractivity contribution in [3.8, 4) is 0 Å². The molecule has 4 N–H and O–H groups in total. The maximum absolute atomic E-state index is 12.6. The van der Waals surface area contributed by atoms with E-state index in [0.717, 1.165) is 0 Å². The first-order chi connectivity index (χ1) is 12.1. The fraction of sp³-hybridized carbons (Fsp3) is 0.353. The van der Waals surface area contributed by atoms with Gasteiger partial charge in [-0.1, -0.05) is 0 Å². The van der Waals surface area contributed by atoms with Crippen LogP contribution in [-0.4, -0.2) is 34.4 Å². The Morgan fingerprint density at radius 3 is 2.54 bits per heavy atom. The molecule has 2 amide bonds. The fourth-order valence-electron chi connectivity index (χ4n) is 2.09. The quantitative estimate of drug-likeness (QED) is 0.681. The van der Waals surface area contributed by atoms with Gasteiger partial charge in [-0.2, -0.15) is 0 Å². The molecule has 1 aromatic carbocycles. The number of ether oxygens (including phenoxy) is 1. The van der Waals surface area contributed by atoms with E-state index in [4.69, 9.17) is 15.6 Å². The van der Waals surface area contributed by atoms with Crippen LogP contribution in [0.2, 0.25) is 0 Å². The molecule has 0 saturated heterocycles. The average Bonchev–Trinajstić information content (AvgIpc) is 2.94. The third-order valence-electron chi connectivity index (χ3n) is 3.18. The highest BCUT2D eigenvalue weighted by atomic mass is 32.1. The zero-order valence-corrected chi connectivity index (χ0v) is 15.7. The average molecular weight is 378 g/mol. The SMILES string of the molecule is CC(C)(C)OC(=O)N(CCc1csc(NC(=O)O)n1)c1ccc(N)cc1. The Balaban J connectivity index is 2.13. The Morgan fingerprint density at radius 2 is 1.96 bits per heavy atom. The molecular weight excluding hydrogens is 356 g/mol. The van der Waals surface area contributed by atoms with Gasteiger partial charge in [-0.3, -0.25) is 10.2 Å². The fourth-order valence-corrected chi connectivity index (χ4v) is 2.83. The van der Waals surface area contributed by atoms with Crippen molar-refractivity contribution in [1.82, 2.24) is 4.98 Å². The number of carboxylic acid groups (broad SMARTS) is 1. The molecule has 8 nitrogen and oxygen atoms in total. The van der Waals surface area contributed by atoms with Gasteiger partial charge in [0, 0.05) is 29.7 Å². The molecule has 0 spiro atoms. The maximum atomic E-state index is 12.6. The minimum absolute atomic E-state index is 0.295. The monoisotopic (exact) mass is 378 g/mol. The molecule has 9 heteroatoms. The molecule has 1 aromatic heterocycles. The Hall–Kier alpha value is -2.81. The van der Waals surface area contributed by atoms with Gasteiger partial charge in [0.2, 0.25) is 0 Å². The molecule has 0 aliphatic rings. The van der Waals surface area contributed by atoms with E-state index in [0.29, 0.717) is 35.2 Å². The van der Waals surface area contributed by atoms with Crippen LogP contribution in [0.4, 0.5) is 26.1 Å². The van der Waals surface area contributed by atoms with Crippen LogP contribution in [0.25, 0.3) is 0 Å². The summed E-state index contributed by atoms with van der Waals surface area (Å²) in [7, 11) is 0. The smallest absolute Gasteiger partial charge is 0.414 e. The molecule has 0 atom stereocenters. The van der Waals surface area contributed by atoms with Crippen molar-refractivity contribution in [2.45, 2.75) is 32.8 Å². The molecule has 0 radical (unpaired) electrons. The predicted octanol–water partition coefficient (Wildman–Crippen LogP) is 3.80. The van der Waals surface area contributed by atoms with Crippen LogP contribution >= 0.6 is 11.3 Å². The molecule has 2 rings (SSSR count). The van der Waals surface area contributed by atoms with Crippen LogP contribution in [0.5, 0.6) is 0 Å². The van der Waals surface area contributed by atoms with Crippen LogP contribution < -0.4 is 16.0 Å². The Morgan fingerprint density at radius 1 is 1.31 bits per heavy atom. The van der Waals surface area contributed by atoms with Crippen molar-refractivity contribution in [1.29, 1.82) is 0 Å². The summed E-state index contributed by atoms with van der Waals surface area (Å²) in [4.78, 5) is 28.9. The third kappa shape index (κ3) is 5.92. The molecule has 0 bridgehead atoms. The van der Waals surface area contributed by atoms with Crippen molar-refractivity contribution >= 4 is 40.0 Å². The molecule has 0 saturated carbocycles. The number of carbonyl (C=O) groups is 2. The summed E-state index contributed by atoms with van der Waals surface area (Å²) < 4.78 is 5.48. The van der Waals surface area contributed by atoms with Gasteiger partial charge in [-0.25, -0.2) is 14.6 Å². The first-order valence-corrected chi connectivity index (χ1v) is 8.82. The highest BCUT2D eigenvalue weighted by Crippen LogP contribution is 2.21. The lowest BCUT2D eigenvalue weighted by Gasteiger charge is -2.27. The van der Waals surface area contributed by atoms with Crippen molar-refractivity contribution in [2.75, 3.05) is 22.5 Å². The van der Waals surface area contributed by atoms with Gasteiger partial charge in [0.05, 0.1) is 5.69 Å². The highest BCUT2D eigenvalue weighted by Gasteiger charge is 2.23. The lowest BCUT2D eigenvalue weighted by atomic mass is 10.2. The van der Waals surface area contributed by atoms with Crippen LogP contribution in [-0.2, 0) is 11.2 Å². The number of nitrogens with two attached hydrogens (primary N) is 1. The van der Waals surface area contributed by atoms with E-state index in [1.54, 1.807) is 50.4 Å². The number of anilines is 3. The maximum Gasteiger partial charge on any atom is 0.414 e. The Kier molecular flexibility index (Phi) is 6.04. The minimum Gasteiger partial charge on any atom is -0.465 e. The second kappa shape index (κ2) is 8.05. The highest BCUT2D eigenvalue weighted by molar-refractivity contribution is 7.13. The zero-order chi connectivity index (χ0) is 19.3. The molecule has 0 fully saturated rings.